The van der Waals surface area contributed by atoms with Gasteiger partial charge in [-0.2, -0.15) is 0 Å². The topological polar surface area (TPSA) is 36.1 Å². The number of aryl methyl sites for hydroxylation is 1. The maximum absolute atomic E-state index is 12.4. The van der Waals surface area contributed by atoms with E-state index in [4.69, 9.17) is 0 Å². The number of H-pyrrole nitrogens is 1. The standard InChI is InChI=1S/C14H16N2O/c1-16(2)9-6-7-13-11(8-9)14(17)10-4-3-5-12(10)15-13/h6-8H,3-5H2,1-2H3,(H,15,17). The fraction of sp³-hybridized carbons (Fsp3) is 0.357. The molecule has 1 aromatic carbocycles. The number of nitrogens with zero attached hydrogens (tertiary/aromatic N) is 1. The molecule has 1 aliphatic carbocycles. The van der Waals surface area contributed by atoms with Gasteiger partial charge in [0.05, 0.1) is 0 Å². The van der Waals surface area contributed by atoms with E-state index < -0.39 is 0 Å². The average Bonchev–Trinajstić information content (AvgIpc) is 2.77. The van der Waals surface area contributed by atoms with Gasteiger partial charge in [-0.25, -0.2) is 0 Å². The molecule has 0 bridgehead atoms. The number of rotatable bonds is 1. The number of fused-ring (bicyclic) bond motifs is 2. The largest absolute Gasteiger partial charge is 0.378 e. The third-order valence-electron chi connectivity index (χ3n) is 3.54. The van der Waals surface area contributed by atoms with Gasteiger partial charge in [-0.3, -0.25) is 4.79 Å². The molecule has 0 saturated heterocycles. The Bertz CT molecular complexity index is 640. The molecule has 1 aromatic heterocycles. The first kappa shape index (κ1) is 10.4. The van der Waals surface area contributed by atoms with Gasteiger partial charge < -0.3 is 9.88 Å². The normalized spacial score (nSPS) is 14.0. The molecule has 0 saturated carbocycles. The van der Waals surface area contributed by atoms with E-state index in [1.54, 1.807) is 0 Å². The number of hydrogen-bond donors (Lipinski definition) is 1. The molecule has 0 spiro atoms. The van der Waals surface area contributed by atoms with Crippen molar-refractivity contribution in [3.63, 3.8) is 0 Å². The van der Waals surface area contributed by atoms with Gasteiger partial charge in [0.15, 0.2) is 5.43 Å². The van der Waals surface area contributed by atoms with Crippen molar-refractivity contribution in [1.82, 2.24) is 4.98 Å². The van der Waals surface area contributed by atoms with Crippen LogP contribution in [0.5, 0.6) is 0 Å². The Morgan fingerprint density at radius 2 is 2.06 bits per heavy atom. The van der Waals surface area contributed by atoms with E-state index in [-0.39, 0.29) is 5.43 Å². The van der Waals surface area contributed by atoms with Crippen LogP contribution >= 0.6 is 0 Å². The summed E-state index contributed by atoms with van der Waals surface area (Å²) in [5, 5.41) is 0.817. The fourth-order valence-corrected chi connectivity index (χ4v) is 2.56. The summed E-state index contributed by atoms with van der Waals surface area (Å²) in [5.41, 5.74) is 4.38. The Kier molecular flexibility index (Phi) is 2.21. The first-order valence-electron chi connectivity index (χ1n) is 6.02. The highest BCUT2D eigenvalue weighted by Gasteiger charge is 2.17. The second-order valence-corrected chi connectivity index (χ2v) is 4.89. The molecule has 3 heteroatoms. The third-order valence-corrected chi connectivity index (χ3v) is 3.54. The van der Waals surface area contributed by atoms with E-state index in [1.807, 2.05) is 37.2 Å². The van der Waals surface area contributed by atoms with Crippen molar-refractivity contribution >= 4 is 16.6 Å². The number of aromatic amines is 1. The monoisotopic (exact) mass is 228 g/mol. The Balaban J connectivity index is 2.33. The summed E-state index contributed by atoms with van der Waals surface area (Å²) in [5.74, 6) is 0. The van der Waals surface area contributed by atoms with Gasteiger partial charge in [0.1, 0.15) is 0 Å². The zero-order chi connectivity index (χ0) is 12.0. The van der Waals surface area contributed by atoms with E-state index in [2.05, 4.69) is 4.98 Å². The molecule has 0 fully saturated rings. The van der Waals surface area contributed by atoms with Crippen LogP contribution < -0.4 is 10.3 Å². The molecule has 0 unspecified atom stereocenters. The number of nitrogens with one attached hydrogen (secondary N) is 1. The number of pyridine rings is 1. The van der Waals surface area contributed by atoms with Crippen molar-refractivity contribution in [3.05, 3.63) is 39.7 Å². The minimum atomic E-state index is 0.218. The summed E-state index contributed by atoms with van der Waals surface area (Å²) < 4.78 is 0. The summed E-state index contributed by atoms with van der Waals surface area (Å²) in [6.45, 7) is 0. The summed E-state index contributed by atoms with van der Waals surface area (Å²) in [6.07, 6.45) is 3.03. The molecule has 0 atom stereocenters. The first-order chi connectivity index (χ1) is 8.16. The highest BCUT2D eigenvalue weighted by Crippen LogP contribution is 2.22. The lowest BCUT2D eigenvalue weighted by atomic mass is 10.1. The third kappa shape index (κ3) is 1.54. The Morgan fingerprint density at radius 3 is 2.82 bits per heavy atom. The van der Waals surface area contributed by atoms with E-state index in [9.17, 15) is 4.79 Å². The Morgan fingerprint density at radius 1 is 1.24 bits per heavy atom. The molecule has 3 rings (SSSR count). The van der Waals surface area contributed by atoms with Gasteiger partial charge in [-0.1, -0.05) is 0 Å². The van der Waals surface area contributed by atoms with Crippen LogP contribution in [0.2, 0.25) is 0 Å². The van der Waals surface area contributed by atoms with Crippen molar-refractivity contribution in [3.8, 4) is 0 Å². The maximum atomic E-state index is 12.4. The molecule has 0 radical (unpaired) electrons. The lowest BCUT2D eigenvalue weighted by Crippen LogP contribution is -2.13. The second kappa shape index (κ2) is 3.62. The summed E-state index contributed by atoms with van der Waals surface area (Å²) in [7, 11) is 3.98. The van der Waals surface area contributed by atoms with Crippen molar-refractivity contribution in [2.75, 3.05) is 19.0 Å². The molecule has 88 valence electrons. The summed E-state index contributed by atoms with van der Waals surface area (Å²) in [4.78, 5) is 17.8. The van der Waals surface area contributed by atoms with Crippen LogP contribution in [0.25, 0.3) is 10.9 Å². The maximum Gasteiger partial charge on any atom is 0.192 e. The Labute approximate surface area is 100 Å². The van der Waals surface area contributed by atoms with Crippen LogP contribution in [0.15, 0.2) is 23.0 Å². The van der Waals surface area contributed by atoms with Crippen LogP contribution in [0.3, 0.4) is 0 Å². The highest BCUT2D eigenvalue weighted by molar-refractivity contribution is 5.83. The number of anilines is 1. The van der Waals surface area contributed by atoms with Gasteiger partial charge in [0.2, 0.25) is 0 Å². The number of benzene rings is 1. The van der Waals surface area contributed by atoms with Crippen LogP contribution in [-0.4, -0.2) is 19.1 Å². The average molecular weight is 228 g/mol. The van der Waals surface area contributed by atoms with E-state index in [0.717, 1.165) is 47.1 Å². The molecule has 1 heterocycles. The van der Waals surface area contributed by atoms with Crippen LogP contribution in [0.1, 0.15) is 17.7 Å². The molecular weight excluding hydrogens is 212 g/mol. The first-order valence-corrected chi connectivity index (χ1v) is 6.02. The molecule has 2 aromatic rings. The molecule has 1 aliphatic rings. The molecule has 0 amide bonds. The summed E-state index contributed by atoms with van der Waals surface area (Å²) >= 11 is 0. The van der Waals surface area contributed by atoms with Gasteiger partial charge in [0.25, 0.3) is 0 Å². The SMILES string of the molecule is CN(C)c1ccc2[nH]c3c(c(=O)c2c1)CCC3. The van der Waals surface area contributed by atoms with Crippen molar-refractivity contribution in [1.29, 1.82) is 0 Å². The van der Waals surface area contributed by atoms with Crippen molar-refractivity contribution < 1.29 is 0 Å². The summed E-state index contributed by atoms with van der Waals surface area (Å²) in [6, 6.07) is 6.02. The van der Waals surface area contributed by atoms with Gasteiger partial charge in [-0.15, -0.1) is 0 Å². The zero-order valence-electron chi connectivity index (χ0n) is 10.2. The highest BCUT2D eigenvalue weighted by atomic mass is 16.1. The molecule has 17 heavy (non-hydrogen) atoms. The lowest BCUT2D eigenvalue weighted by Gasteiger charge is -2.13. The predicted octanol–water partition coefficient (Wildman–Crippen LogP) is 2.08. The second-order valence-electron chi connectivity index (χ2n) is 4.89. The van der Waals surface area contributed by atoms with E-state index in [1.165, 1.54) is 0 Å². The van der Waals surface area contributed by atoms with Crippen molar-refractivity contribution in [2.45, 2.75) is 19.3 Å². The fourth-order valence-electron chi connectivity index (χ4n) is 2.56. The number of aromatic nitrogens is 1. The smallest absolute Gasteiger partial charge is 0.192 e. The van der Waals surface area contributed by atoms with Gasteiger partial charge in [0, 0.05) is 41.9 Å². The van der Waals surface area contributed by atoms with Gasteiger partial charge in [-0.05, 0) is 37.5 Å². The van der Waals surface area contributed by atoms with Crippen LogP contribution in [0, 0.1) is 0 Å². The molecule has 3 nitrogen and oxygen atoms in total. The van der Waals surface area contributed by atoms with Gasteiger partial charge >= 0.3 is 0 Å². The minimum Gasteiger partial charge on any atom is -0.378 e. The Hall–Kier alpha value is -1.77. The quantitative estimate of drug-likeness (QED) is 0.811. The predicted molar refractivity (Wildman–Crippen MR) is 70.9 cm³/mol. The molecule has 0 aliphatic heterocycles. The molecular formula is C14H16N2O. The zero-order valence-corrected chi connectivity index (χ0v) is 10.2. The lowest BCUT2D eigenvalue weighted by molar-refractivity contribution is 0.900. The minimum absolute atomic E-state index is 0.218. The number of hydrogen-bond acceptors (Lipinski definition) is 2. The van der Waals surface area contributed by atoms with E-state index >= 15 is 0 Å². The van der Waals surface area contributed by atoms with E-state index in [0.29, 0.717) is 0 Å². The van der Waals surface area contributed by atoms with Crippen molar-refractivity contribution in [2.24, 2.45) is 0 Å². The van der Waals surface area contributed by atoms with Crippen LogP contribution in [-0.2, 0) is 12.8 Å². The van der Waals surface area contributed by atoms with Crippen LogP contribution in [0.4, 0.5) is 5.69 Å². The molecule has 1 N–H and O–H groups in total.